The molecule has 1 heterocycles. The molecule has 1 saturated heterocycles. The number of carbonyl (C=O) groups excluding carboxylic acids is 1. The van der Waals surface area contributed by atoms with Crippen LogP contribution in [0.3, 0.4) is 0 Å². The Labute approximate surface area is 91.0 Å². The molecule has 0 aromatic heterocycles. The van der Waals surface area contributed by atoms with Crippen LogP contribution in [0.4, 0.5) is 0 Å². The smallest absolute Gasteiger partial charge is 0.239 e. The van der Waals surface area contributed by atoms with Crippen molar-refractivity contribution in [3.05, 3.63) is 0 Å². The van der Waals surface area contributed by atoms with Crippen LogP contribution in [0.1, 0.15) is 32.6 Å². The zero-order valence-corrected chi connectivity index (χ0v) is 9.41. The van der Waals surface area contributed by atoms with E-state index in [0.29, 0.717) is 11.5 Å². The molecule has 0 radical (unpaired) electrons. The molecule has 0 aromatic carbocycles. The topological polar surface area (TPSA) is 72.4 Å². The van der Waals surface area contributed by atoms with Crippen LogP contribution in [-0.4, -0.2) is 36.0 Å². The van der Waals surface area contributed by atoms with Crippen LogP contribution in [0.25, 0.3) is 0 Å². The van der Waals surface area contributed by atoms with E-state index in [0.717, 1.165) is 32.4 Å². The van der Waals surface area contributed by atoms with Crippen molar-refractivity contribution in [3.63, 3.8) is 0 Å². The van der Waals surface area contributed by atoms with Crippen molar-refractivity contribution in [2.24, 2.45) is 16.9 Å². The molecule has 0 unspecified atom stereocenters. The van der Waals surface area contributed by atoms with E-state index in [1.807, 2.05) is 4.90 Å². The summed E-state index contributed by atoms with van der Waals surface area (Å²) in [6.07, 6.45) is 4.48. The van der Waals surface area contributed by atoms with Gasteiger partial charge in [0, 0.05) is 19.1 Å². The molecule has 1 saturated carbocycles. The van der Waals surface area contributed by atoms with E-state index >= 15 is 0 Å². The van der Waals surface area contributed by atoms with Gasteiger partial charge in [0.15, 0.2) is 0 Å². The fourth-order valence-electron chi connectivity index (χ4n) is 3.03. The molecule has 2 rings (SSSR count). The van der Waals surface area contributed by atoms with E-state index in [1.165, 1.54) is 6.42 Å². The molecule has 0 bridgehead atoms. The Balaban J connectivity index is 1.98. The number of nitrogens with zero attached hydrogens (tertiary/aromatic N) is 1. The summed E-state index contributed by atoms with van der Waals surface area (Å²) in [4.78, 5) is 13.7. The third kappa shape index (κ3) is 2.01. The van der Waals surface area contributed by atoms with Crippen molar-refractivity contribution in [2.75, 3.05) is 13.1 Å². The van der Waals surface area contributed by atoms with E-state index in [9.17, 15) is 4.79 Å². The SMILES string of the molecule is C[C@H](N)C(=O)N1CC[C@]2(CC[C@H](N)C2)C1. The molecule has 1 aliphatic carbocycles. The number of rotatable bonds is 1. The van der Waals surface area contributed by atoms with Gasteiger partial charge >= 0.3 is 0 Å². The van der Waals surface area contributed by atoms with Gasteiger partial charge in [-0.2, -0.15) is 0 Å². The summed E-state index contributed by atoms with van der Waals surface area (Å²) in [5.74, 6) is 0.0901. The van der Waals surface area contributed by atoms with Crippen LogP contribution in [0.2, 0.25) is 0 Å². The molecule has 2 fully saturated rings. The van der Waals surface area contributed by atoms with Crippen molar-refractivity contribution >= 4 is 5.91 Å². The molecule has 2 aliphatic rings. The van der Waals surface area contributed by atoms with E-state index in [1.54, 1.807) is 6.92 Å². The van der Waals surface area contributed by atoms with Crippen LogP contribution in [-0.2, 0) is 4.79 Å². The van der Waals surface area contributed by atoms with Crippen LogP contribution in [0.5, 0.6) is 0 Å². The monoisotopic (exact) mass is 211 g/mol. The first-order valence-electron chi connectivity index (χ1n) is 5.82. The highest BCUT2D eigenvalue weighted by atomic mass is 16.2. The summed E-state index contributed by atoms with van der Waals surface area (Å²) >= 11 is 0. The lowest BCUT2D eigenvalue weighted by Gasteiger charge is -2.24. The normalized spacial score (nSPS) is 37.5. The summed E-state index contributed by atoms with van der Waals surface area (Å²) in [7, 11) is 0. The van der Waals surface area contributed by atoms with Crippen molar-refractivity contribution in [1.82, 2.24) is 4.90 Å². The molecule has 3 atom stereocenters. The van der Waals surface area contributed by atoms with Crippen molar-refractivity contribution in [2.45, 2.75) is 44.7 Å². The van der Waals surface area contributed by atoms with E-state index in [2.05, 4.69) is 0 Å². The zero-order chi connectivity index (χ0) is 11.1. The molecular formula is C11H21N3O. The quantitative estimate of drug-likeness (QED) is 0.644. The van der Waals surface area contributed by atoms with E-state index < -0.39 is 0 Å². The van der Waals surface area contributed by atoms with Gasteiger partial charge in [0.25, 0.3) is 0 Å². The maximum atomic E-state index is 11.7. The molecule has 4 N–H and O–H groups in total. The molecule has 86 valence electrons. The highest BCUT2D eigenvalue weighted by Gasteiger charge is 2.44. The molecule has 4 nitrogen and oxygen atoms in total. The minimum Gasteiger partial charge on any atom is -0.341 e. The Morgan fingerprint density at radius 2 is 2.27 bits per heavy atom. The predicted molar refractivity (Wildman–Crippen MR) is 59.1 cm³/mol. The van der Waals surface area contributed by atoms with Gasteiger partial charge in [-0.05, 0) is 38.0 Å². The van der Waals surface area contributed by atoms with Gasteiger partial charge in [0.2, 0.25) is 5.91 Å². The first-order chi connectivity index (χ1) is 7.02. The number of nitrogens with two attached hydrogens (primary N) is 2. The van der Waals surface area contributed by atoms with E-state index in [4.69, 9.17) is 11.5 Å². The zero-order valence-electron chi connectivity index (χ0n) is 9.41. The molecule has 1 amide bonds. The highest BCUT2D eigenvalue weighted by Crippen LogP contribution is 2.44. The summed E-state index contributed by atoms with van der Waals surface area (Å²) in [5, 5.41) is 0. The van der Waals surface area contributed by atoms with Gasteiger partial charge in [-0.25, -0.2) is 0 Å². The lowest BCUT2D eigenvalue weighted by atomic mass is 9.85. The Kier molecular flexibility index (Phi) is 2.73. The lowest BCUT2D eigenvalue weighted by Crippen LogP contribution is -2.41. The number of likely N-dealkylation sites (tertiary alicyclic amines) is 1. The molecule has 4 heteroatoms. The number of amides is 1. The largest absolute Gasteiger partial charge is 0.341 e. The Bertz CT molecular complexity index is 267. The minimum absolute atomic E-state index is 0.0901. The number of carbonyl (C=O) groups is 1. The number of hydrogen-bond acceptors (Lipinski definition) is 3. The third-order valence-corrected chi connectivity index (χ3v) is 3.88. The summed E-state index contributed by atoms with van der Waals surface area (Å²) < 4.78 is 0. The Morgan fingerprint density at radius 1 is 1.53 bits per heavy atom. The summed E-state index contributed by atoms with van der Waals surface area (Å²) in [6, 6.07) is -0.0226. The maximum absolute atomic E-state index is 11.7. The second kappa shape index (κ2) is 3.76. The van der Waals surface area contributed by atoms with Gasteiger partial charge < -0.3 is 16.4 Å². The molecule has 1 aliphatic heterocycles. The van der Waals surface area contributed by atoms with Crippen molar-refractivity contribution in [1.29, 1.82) is 0 Å². The average molecular weight is 211 g/mol. The second-order valence-corrected chi connectivity index (χ2v) is 5.30. The minimum atomic E-state index is -0.366. The fourth-order valence-corrected chi connectivity index (χ4v) is 3.03. The van der Waals surface area contributed by atoms with Gasteiger partial charge in [0.05, 0.1) is 6.04 Å². The fraction of sp³-hybridized carbons (Fsp3) is 0.909. The number of hydrogen-bond donors (Lipinski definition) is 2. The van der Waals surface area contributed by atoms with Crippen LogP contribution in [0.15, 0.2) is 0 Å². The maximum Gasteiger partial charge on any atom is 0.239 e. The summed E-state index contributed by atoms with van der Waals surface area (Å²) in [6.45, 7) is 3.50. The third-order valence-electron chi connectivity index (χ3n) is 3.88. The Hall–Kier alpha value is -0.610. The van der Waals surface area contributed by atoms with Gasteiger partial charge in [-0.15, -0.1) is 0 Å². The first-order valence-corrected chi connectivity index (χ1v) is 5.82. The molecule has 1 spiro atoms. The van der Waals surface area contributed by atoms with Crippen LogP contribution in [0, 0.1) is 5.41 Å². The van der Waals surface area contributed by atoms with E-state index in [-0.39, 0.29) is 11.9 Å². The molecular weight excluding hydrogens is 190 g/mol. The lowest BCUT2D eigenvalue weighted by molar-refractivity contribution is -0.131. The van der Waals surface area contributed by atoms with Crippen LogP contribution < -0.4 is 11.5 Å². The summed E-state index contributed by atoms with van der Waals surface area (Å²) in [5.41, 5.74) is 11.9. The molecule has 15 heavy (non-hydrogen) atoms. The van der Waals surface area contributed by atoms with Crippen molar-refractivity contribution in [3.8, 4) is 0 Å². The predicted octanol–water partition coefficient (Wildman–Crippen LogP) is 0.0635. The van der Waals surface area contributed by atoms with Gasteiger partial charge in [0.1, 0.15) is 0 Å². The standard InChI is InChI=1S/C11H21N3O/c1-8(12)10(15)14-5-4-11(7-14)3-2-9(13)6-11/h8-9H,2-7,12-13H2,1H3/t8-,9-,11-/m0/s1. The highest BCUT2D eigenvalue weighted by molar-refractivity contribution is 5.81. The average Bonchev–Trinajstić information content (AvgIpc) is 2.74. The molecule has 0 aromatic rings. The first kappa shape index (κ1) is 10.9. The van der Waals surface area contributed by atoms with Crippen molar-refractivity contribution < 1.29 is 4.79 Å². The second-order valence-electron chi connectivity index (χ2n) is 5.30. The van der Waals surface area contributed by atoms with Crippen LogP contribution >= 0.6 is 0 Å². The van der Waals surface area contributed by atoms with Gasteiger partial charge in [-0.1, -0.05) is 0 Å². The Morgan fingerprint density at radius 3 is 2.80 bits per heavy atom. The van der Waals surface area contributed by atoms with Gasteiger partial charge in [-0.3, -0.25) is 4.79 Å².